The summed E-state index contributed by atoms with van der Waals surface area (Å²) in [5, 5.41) is 3.00. The van der Waals surface area contributed by atoms with Gasteiger partial charge in [0, 0.05) is 12.1 Å². The van der Waals surface area contributed by atoms with E-state index in [2.05, 4.69) is 19.2 Å². The minimum atomic E-state index is -0.452. The highest BCUT2D eigenvalue weighted by atomic mass is 16.2. The molecule has 0 unspecified atom stereocenters. The molecule has 0 saturated heterocycles. The van der Waals surface area contributed by atoms with Crippen LogP contribution in [0, 0.1) is 0 Å². The summed E-state index contributed by atoms with van der Waals surface area (Å²) in [6.45, 7) is 8.43. The first kappa shape index (κ1) is 15.7. The summed E-state index contributed by atoms with van der Waals surface area (Å²) >= 11 is 0. The van der Waals surface area contributed by atoms with Crippen molar-refractivity contribution < 1.29 is 4.79 Å². The quantitative estimate of drug-likeness (QED) is 0.828. The van der Waals surface area contributed by atoms with Gasteiger partial charge >= 0.3 is 0 Å². The van der Waals surface area contributed by atoms with Crippen LogP contribution in [0.4, 0.5) is 0 Å². The third-order valence-electron chi connectivity index (χ3n) is 3.67. The number of rotatable bonds is 6. The summed E-state index contributed by atoms with van der Waals surface area (Å²) in [7, 11) is 0. The lowest BCUT2D eigenvalue weighted by Gasteiger charge is -2.32. The number of carbonyl (C=O) groups is 1. The molecule has 3 nitrogen and oxygen atoms in total. The van der Waals surface area contributed by atoms with E-state index in [1.807, 2.05) is 44.2 Å². The fourth-order valence-electron chi connectivity index (χ4n) is 2.34. The Bertz CT molecular complexity index is 403. The predicted molar refractivity (Wildman–Crippen MR) is 80.0 cm³/mol. The molecule has 3 N–H and O–H groups in total. The van der Waals surface area contributed by atoms with Crippen molar-refractivity contribution in [3.05, 3.63) is 35.9 Å². The molecular weight excluding hydrogens is 236 g/mol. The smallest absolute Gasteiger partial charge is 0.230 e. The first-order chi connectivity index (χ1) is 8.85. The van der Waals surface area contributed by atoms with Gasteiger partial charge in [0.2, 0.25) is 5.91 Å². The van der Waals surface area contributed by atoms with Crippen molar-refractivity contribution in [2.45, 2.75) is 51.5 Å². The molecule has 1 aromatic rings. The molecule has 1 aromatic carbocycles. The lowest BCUT2D eigenvalue weighted by atomic mass is 9.75. The van der Waals surface area contributed by atoms with Gasteiger partial charge in [-0.15, -0.1) is 0 Å². The second kappa shape index (κ2) is 6.20. The molecule has 0 spiro atoms. The van der Waals surface area contributed by atoms with E-state index in [9.17, 15) is 4.79 Å². The second-order valence-corrected chi connectivity index (χ2v) is 5.83. The van der Waals surface area contributed by atoms with Crippen molar-refractivity contribution in [3.8, 4) is 0 Å². The zero-order chi connectivity index (χ0) is 14.5. The van der Waals surface area contributed by atoms with Gasteiger partial charge in [-0.2, -0.15) is 0 Å². The van der Waals surface area contributed by atoms with Crippen LogP contribution in [0.5, 0.6) is 0 Å². The second-order valence-electron chi connectivity index (χ2n) is 5.83. The van der Waals surface area contributed by atoms with Crippen molar-refractivity contribution in [2.75, 3.05) is 6.54 Å². The summed E-state index contributed by atoms with van der Waals surface area (Å²) in [5.74, 6) is 0.0715. The van der Waals surface area contributed by atoms with E-state index in [1.165, 1.54) is 0 Å². The fourth-order valence-corrected chi connectivity index (χ4v) is 2.34. The number of nitrogens with one attached hydrogen (secondary N) is 1. The average molecular weight is 262 g/mol. The summed E-state index contributed by atoms with van der Waals surface area (Å²) in [6, 6.07) is 9.99. The van der Waals surface area contributed by atoms with E-state index >= 15 is 0 Å². The minimum absolute atomic E-state index is 0.0715. The minimum Gasteiger partial charge on any atom is -0.354 e. The van der Waals surface area contributed by atoms with Gasteiger partial charge in [-0.25, -0.2) is 0 Å². The maximum atomic E-state index is 12.6. The van der Waals surface area contributed by atoms with Crippen molar-refractivity contribution >= 4 is 5.91 Å². The average Bonchev–Trinajstić information content (AvgIpc) is 2.39. The van der Waals surface area contributed by atoms with E-state index in [1.54, 1.807) is 0 Å². The molecule has 106 valence electrons. The fraction of sp³-hybridized carbons (Fsp3) is 0.562. The van der Waals surface area contributed by atoms with E-state index in [4.69, 9.17) is 5.73 Å². The number of amides is 1. The van der Waals surface area contributed by atoms with Crippen molar-refractivity contribution in [3.63, 3.8) is 0 Å². The van der Waals surface area contributed by atoms with E-state index in [0.717, 1.165) is 18.4 Å². The molecule has 19 heavy (non-hydrogen) atoms. The van der Waals surface area contributed by atoms with E-state index in [-0.39, 0.29) is 11.4 Å². The number of hydrogen-bond donors (Lipinski definition) is 2. The highest BCUT2D eigenvalue weighted by Gasteiger charge is 2.36. The van der Waals surface area contributed by atoms with Crippen LogP contribution in [0.2, 0.25) is 0 Å². The lowest BCUT2D eigenvalue weighted by molar-refractivity contribution is -0.127. The number of benzene rings is 1. The summed E-state index contributed by atoms with van der Waals surface area (Å²) < 4.78 is 0. The van der Waals surface area contributed by atoms with Crippen LogP contribution in [-0.2, 0) is 10.2 Å². The Morgan fingerprint density at radius 3 is 2.11 bits per heavy atom. The molecule has 0 aliphatic carbocycles. The topological polar surface area (TPSA) is 55.1 Å². The van der Waals surface area contributed by atoms with Gasteiger partial charge in [-0.3, -0.25) is 4.79 Å². The molecule has 0 aliphatic heterocycles. The Hall–Kier alpha value is -1.35. The van der Waals surface area contributed by atoms with Crippen molar-refractivity contribution in [2.24, 2.45) is 5.73 Å². The predicted octanol–water partition coefficient (Wildman–Crippen LogP) is 2.60. The van der Waals surface area contributed by atoms with Gasteiger partial charge in [0.25, 0.3) is 0 Å². The van der Waals surface area contributed by atoms with Crippen LogP contribution in [0.15, 0.2) is 30.3 Å². The van der Waals surface area contributed by atoms with Gasteiger partial charge in [-0.1, -0.05) is 44.2 Å². The van der Waals surface area contributed by atoms with Crippen LogP contribution in [0.1, 0.15) is 46.1 Å². The van der Waals surface area contributed by atoms with Crippen LogP contribution in [-0.4, -0.2) is 18.0 Å². The molecule has 1 rings (SSSR count). The maximum absolute atomic E-state index is 12.6. The molecule has 3 heteroatoms. The molecule has 0 radical (unpaired) electrons. The van der Waals surface area contributed by atoms with E-state index in [0.29, 0.717) is 6.54 Å². The third kappa shape index (κ3) is 3.80. The molecule has 0 fully saturated rings. The van der Waals surface area contributed by atoms with Gasteiger partial charge < -0.3 is 11.1 Å². The zero-order valence-electron chi connectivity index (χ0n) is 12.5. The third-order valence-corrected chi connectivity index (χ3v) is 3.67. The highest BCUT2D eigenvalue weighted by molar-refractivity contribution is 5.88. The number of hydrogen-bond acceptors (Lipinski definition) is 2. The number of nitrogens with two attached hydrogens (primary N) is 1. The standard InChI is InChI=1S/C16H26N2O/c1-5-16(6-2,13-10-8-7-9-11-13)14(19)18-12-15(3,4)17/h7-11H,5-6,12,17H2,1-4H3,(H,18,19). The van der Waals surface area contributed by atoms with Crippen molar-refractivity contribution in [1.82, 2.24) is 5.32 Å². The molecule has 0 atom stereocenters. The lowest BCUT2D eigenvalue weighted by Crippen LogP contribution is -2.51. The van der Waals surface area contributed by atoms with Crippen LogP contribution >= 0.6 is 0 Å². The Kier molecular flexibility index (Phi) is 5.12. The van der Waals surface area contributed by atoms with Crippen LogP contribution in [0.25, 0.3) is 0 Å². The summed E-state index contributed by atoms with van der Waals surface area (Å²) in [4.78, 5) is 12.6. The SMILES string of the molecule is CCC(CC)(C(=O)NCC(C)(C)N)c1ccccc1. The maximum Gasteiger partial charge on any atom is 0.230 e. The van der Waals surface area contributed by atoms with Gasteiger partial charge in [0.1, 0.15) is 0 Å². The van der Waals surface area contributed by atoms with Crippen LogP contribution < -0.4 is 11.1 Å². The Balaban J connectivity index is 2.97. The Morgan fingerprint density at radius 1 is 1.16 bits per heavy atom. The largest absolute Gasteiger partial charge is 0.354 e. The summed E-state index contributed by atoms with van der Waals surface area (Å²) in [6.07, 6.45) is 1.56. The van der Waals surface area contributed by atoms with Crippen LogP contribution in [0.3, 0.4) is 0 Å². The highest BCUT2D eigenvalue weighted by Crippen LogP contribution is 2.31. The molecule has 1 amide bonds. The monoisotopic (exact) mass is 262 g/mol. The number of carbonyl (C=O) groups excluding carboxylic acids is 1. The van der Waals surface area contributed by atoms with Gasteiger partial charge in [0.05, 0.1) is 5.41 Å². The van der Waals surface area contributed by atoms with E-state index < -0.39 is 5.41 Å². The van der Waals surface area contributed by atoms with Gasteiger partial charge in [-0.05, 0) is 32.3 Å². The first-order valence-electron chi connectivity index (χ1n) is 6.98. The molecule has 0 saturated carbocycles. The zero-order valence-corrected chi connectivity index (χ0v) is 12.5. The van der Waals surface area contributed by atoms with Gasteiger partial charge in [0.15, 0.2) is 0 Å². The Morgan fingerprint density at radius 2 is 1.68 bits per heavy atom. The molecule has 0 aliphatic rings. The molecule has 0 bridgehead atoms. The Labute approximate surface area is 116 Å². The molecular formula is C16H26N2O. The molecule has 0 heterocycles. The summed E-state index contributed by atoms with van der Waals surface area (Å²) in [5.41, 5.74) is 6.17. The normalized spacial score (nSPS) is 12.3. The first-order valence-corrected chi connectivity index (χ1v) is 6.98. The van der Waals surface area contributed by atoms with Crippen molar-refractivity contribution in [1.29, 1.82) is 0 Å². The molecule has 0 aromatic heterocycles.